The van der Waals surface area contributed by atoms with E-state index in [-0.39, 0.29) is 39.7 Å². The summed E-state index contributed by atoms with van der Waals surface area (Å²) in [5.41, 5.74) is 4.11. The van der Waals surface area contributed by atoms with Crippen molar-refractivity contribution in [1.29, 1.82) is 0 Å². The lowest BCUT2D eigenvalue weighted by Gasteiger charge is -2.18. The SMILES string of the molecule is CCOc1cc(C)c(-c2nc3ccccc3c(=O)n2N=Cc2cc(Cl)c(OCc3cccc(F)c3)c(Cl)c2)cc1C(C)C. The Morgan fingerprint density at radius 2 is 1.74 bits per heavy atom. The zero-order valence-electron chi connectivity index (χ0n) is 24.2. The highest BCUT2D eigenvalue weighted by atomic mass is 35.5. The topological polar surface area (TPSA) is 65.7 Å². The fraction of sp³-hybridized carbons (Fsp3) is 0.206. The first-order valence-electron chi connectivity index (χ1n) is 13.9. The first-order valence-corrected chi connectivity index (χ1v) is 14.6. The van der Waals surface area contributed by atoms with Crippen molar-refractivity contribution in [1.82, 2.24) is 9.66 Å². The predicted molar refractivity (Wildman–Crippen MR) is 172 cm³/mol. The van der Waals surface area contributed by atoms with Crippen LogP contribution >= 0.6 is 23.2 Å². The molecule has 5 rings (SSSR count). The minimum absolute atomic E-state index is 0.0892. The molecule has 0 amide bonds. The summed E-state index contributed by atoms with van der Waals surface area (Å²) in [7, 11) is 0. The number of nitrogens with zero attached hydrogens (tertiary/aromatic N) is 3. The number of aromatic nitrogens is 2. The van der Waals surface area contributed by atoms with E-state index in [9.17, 15) is 9.18 Å². The van der Waals surface area contributed by atoms with Gasteiger partial charge in [-0.3, -0.25) is 4.79 Å². The molecule has 0 atom stereocenters. The molecule has 0 aliphatic heterocycles. The summed E-state index contributed by atoms with van der Waals surface area (Å²) in [5, 5.41) is 5.51. The van der Waals surface area contributed by atoms with Crippen LogP contribution in [-0.4, -0.2) is 22.5 Å². The number of rotatable bonds is 9. The number of aryl methyl sites for hydroxylation is 1. The Morgan fingerprint density at radius 3 is 2.44 bits per heavy atom. The van der Waals surface area contributed by atoms with E-state index in [1.54, 1.807) is 36.4 Å². The van der Waals surface area contributed by atoms with Gasteiger partial charge in [-0.2, -0.15) is 9.78 Å². The van der Waals surface area contributed by atoms with Crippen molar-refractivity contribution >= 4 is 40.3 Å². The third-order valence-corrected chi connectivity index (χ3v) is 7.45. The van der Waals surface area contributed by atoms with Crippen LogP contribution in [0.2, 0.25) is 10.0 Å². The maximum Gasteiger partial charge on any atom is 0.282 e. The van der Waals surface area contributed by atoms with Crippen molar-refractivity contribution in [3.8, 4) is 22.9 Å². The van der Waals surface area contributed by atoms with E-state index < -0.39 is 0 Å². The maximum atomic E-state index is 13.8. The lowest BCUT2D eigenvalue weighted by molar-refractivity contribution is 0.306. The molecule has 1 aromatic heterocycles. The van der Waals surface area contributed by atoms with Crippen molar-refractivity contribution in [3.05, 3.63) is 121 Å². The van der Waals surface area contributed by atoms with Crippen LogP contribution in [0.5, 0.6) is 11.5 Å². The van der Waals surface area contributed by atoms with E-state index in [1.807, 2.05) is 38.1 Å². The summed E-state index contributed by atoms with van der Waals surface area (Å²) in [6.45, 7) is 8.73. The molecule has 0 spiro atoms. The Kier molecular flexibility index (Phi) is 9.14. The lowest BCUT2D eigenvalue weighted by atomic mass is 9.96. The minimum Gasteiger partial charge on any atom is -0.494 e. The van der Waals surface area contributed by atoms with Crippen LogP contribution in [0.15, 0.2) is 82.7 Å². The molecule has 1 heterocycles. The molecule has 5 aromatic rings. The van der Waals surface area contributed by atoms with Crippen LogP contribution in [0.4, 0.5) is 4.39 Å². The molecule has 0 bridgehead atoms. The average Bonchev–Trinajstić information content (AvgIpc) is 2.96. The first kappa shape index (κ1) is 30.3. The monoisotopic (exact) mass is 617 g/mol. The van der Waals surface area contributed by atoms with Gasteiger partial charge in [-0.25, -0.2) is 9.37 Å². The molecule has 0 radical (unpaired) electrons. The molecule has 0 saturated carbocycles. The Morgan fingerprint density at radius 1 is 1.00 bits per heavy atom. The normalized spacial score (nSPS) is 11.5. The largest absolute Gasteiger partial charge is 0.494 e. The number of hydrogen-bond donors (Lipinski definition) is 0. The average molecular weight is 619 g/mol. The van der Waals surface area contributed by atoms with E-state index in [2.05, 4.69) is 18.9 Å². The van der Waals surface area contributed by atoms with Gasteiger partial charge in [0.1, 0.15) is 18.2 Å². The van der Waals surface area contributed by atoms with Crippen LogP contribution in [0.1, 0.15) is 48.9 Å². The second-order valence-corrected chi connectivity index (χ2v) is 11.2. The van der Waals surface area contributed by atoms with Crippen LogP contribution in [-0.2, 0) is 6.61 Å². The Bertz CT molecular complexity index is 1880. The van der Waals surface area contributed by atoms with Gasteiger partial charge >= 0.3 is 0 Å². The number of halogens is 3. The molecule has 0 aliphatic carbocycles. The molecule has 220 valence electrons. The number of para-hydroxylation sites is 1. The Hall–Kier alpha value is -4.20. The number of fused-ring (bicyclic) bond motifs is 1. The van der Waals surface area contributed by atoms with E-state index in [0.29, 0.717) is 34.5 Å². The van der Waals surface area contributed by atoms with Gasteiger partial charge in [0.2, 0.25) is 0 Å². The maximum absolute atomic E-state index is 13.8. The Balaban J connectivity index is 1.57. The summed E-state index contributed by atoms with van der Waals surface area (Å²) in [6, 6.07) is 20.5. The molecule has 9 heteroatoms. The van der Waals surface area contributed by atoms with Crippen LogP contribution < -0.4 is 15.0 Å². The molecule has 0 unspecified atom stereocenters. The number of hydrogen-bond acceptors (Lipinski definition) is 5. The van der Waals surface area contributed by atoms with Gasteiger partial charge in [0.05, 0.1) is 33.8 Å². The fourth-order valence-electron chi connectivity index (χ4n) is 4.77. The zero-order valence-corrected chi connectivity index (χ0v) is 25.7. The zero-order chi connectivity index (χ0) is 30.7. The highest BCUT2D eigenvalue weighted by Gasteiger charge is 2.19. The number of ether oxygens (including phenoxy) is 2. The molecule has 0 N–H and O–H groups in total. The third kappa shape index (κ3) is 6.58. The molecule has 6 nitrogen and oxygen atoms in total. The molecule has 0 fully saturated rings. The standard InChI is InChI=1S/C34H30Cl2FN3O3/c1-5-42-31-13-21(4)27(17-26(31)20(2)3)33-39-30-12-7-6-11-25(30)34(41)40(33)38-18-23-15-28(35)32(29(36)16-23)43-19-22-9-8-10-24(37)14-22/h6-18,20H,5,19H2,1-4H3. The summed E-state index contributed by atoms with van der Waals surface area (Å²) in [5.74, 6) is 1.29. The van der Waals surface area contributed by atoms with Crippen molar-refractivity contribution in [2.45, 2.75) is 40.2 Å². The lowest BCUT2D eigenvalue weighted by Crippen LogP contribution is -2.21. The molecule has 4 aromatic carbocycles. The van der Waals surface area contributed by atoms with Crippen LogP contribution in [0.25, 0.3) is 22.3 Å². The van der Waals surface area contributed by atoms with Gasteiger partial charge in [-0.15, -0.1) is 0 Å². The second-order valence-electron chi connectivity index (χ2n) is 10.3. The quantitative estimate of drug-likeness (QED) is 0.155. The van der Waals surface area contributed by atoms with E-state index >= 15 is 0 Å². The smallest absolute Gasteiger partial charge is 0.282 e. The van der Waals surface area contributed by atoms with Gasteiger partial charge < -0.3 is 9.47 Å². The van der Waals surface area contributed by atoms with E-state index in [0.717, 1.165) is 22.4 Å². The number of benzene rings is 4. The van der Waals surface area contributed by atoms with Gasteiger partial charge in [0.25, 0.3) is 5.56 Å². The summed E-state index contributed by atoms with van der Waals surface area (Å²) in [6.07, 6.45) is 1.50. The third-order valence-electron chi connectivity index (χ3n) is 6.89. The molecule has 0 saturated heterocycles. The first-order chi connectivity index (χ1) is 20.7. The molecular formula is C34H30Cl2FN3O3. The predicted octanol–water partition coefficient (Wildman–Crippen LogP) is 8.80. The van der Waals surface area contributed by atoms with E-state index in [1.165, 1.54) is 23.0 Å². The van der Waals surface area contributed by atoms with Crippen LogP contribution in [0.3, 0.4) is 0 Å². The van der Waals surface area contributed by atoms with Gasteiger partial charge in [0, 0.05) is 5.56 Å². The molecule has 43 heavy (non-hydrogen) atoms. The Labute approximate surface area is 259 Å². The highest BCUT2D eigenvalue weighted by molar-refractivity contribution is 6.37. The van der Waals surface area contributed by atoms with Gasteiger partial charge in [0.15, 0.2) is 11.6 Å². The van der Waals surface area contributed by atoms with Crippen molar-refractivity contribution in [2.24, 2.45) is 5.10 Å². The fourth-order valence-corrected chi connectivity index (χ4v) is 5.39. The second kappa shape index (κ2) is 13.0. The minimum atomic E-state index is -0.358. The van der Waals surface area contributed by atoms with Gasteiger partial charge in [-0.1, -0.05) is 61.3 Å². The van der Waals surface area contributed by atoms with Gasteiger partial charge in [-0.05, 0) is 90.6 Å². The summed E-state index contributed by atoms with van der Waals surface area (Å²) in [4.78, 5) is 18.6. The van der Waals surface area contributed by atoms with Crippen molar-refractivity contribution in [3.63, 3.8) is 0 Å². The molecule has 0 aliphatic rings. The van der Waals surface area contributed by atoms with Crippen LogP contribution in [0, 0.1) is 12.7 Å². The van der Waals surface area contributed by atoms with Crippen molar-refractivity contribution in [2.75, 3.05) is 6.61 Å². The molecular weight excluding hydrogens is 588 g/mol. The van der Waals surface area contributed by atoms with E-state index in [4.69, 9.17) is 37.7 Å². The van der Waals surface area contributed by atoms with Crippen molar-refractivity contribution < 1.29 is 13.9 Å². The summed E-state index contributed by atoms with van der Waals surface area (Å²) >= 11 is 13.0. The summed E-state index contributed by atoms with van der Waals surface area (Å²) < 4.78 is 26.5. The highest BCUT2D eigenvalue weighted by Crippen LogP contribution is 2.36.